The third-order valence-electron chi connectivity index (χ3n) is 5.78. The van der Waals surface area contributed by atoms with Gasteiger partial charge in [-0.05, 0) is 44.4 Å². The fraction of sp³-hybridized carbons (Fsp3) is 1.00. The molecule has 0 unspecified atom stereocenters. The standard InChI is InChI=1S/C14H28O/c1-10-11(2,3)13(6,7)15-14(8,9)12(10,4)5/h10H,1-9H3. The monoisotopic (exact) mass is 212 g/mol. The van der Waals surface area contributed by atoms with E-state index in [4.69, 9.17) is 4.74 Å². The first kappa shape index (κ1) is 13.0. The van der Waals surface area contributed by atoms with Gasteiger partial charge in [0.1, 0.15) is 0 Å². The average Bonchev–Trinajstić information content (AvgIpc) is 1.98. The lowest BCUT2D eigenvalue weighted by Gasteiger charge is -2.63. The fourth-order valence-corrected chi connectivity index (χ4v) is 2.85. The van der Waals surface area contributed by atoms with Gasteiger partial charge in [-0.25, -0.2) is 0 Å². The van der Waals surface area contributed by atoms with E-state index in [0.29, 0.717) is 5.92 Å². The molecular weight excluding hydrogens is 184 g/mol. The molecule has 1 heteroatoms. The summed E-state index contributed by atoms with van der Waals surface area (Å²) in [7, 11) is 0. The largest absolute Gasteiger partial charge is 0.369 e. The van der Waals surface area contributed by atoms with Crippen molar-refractivity contribution < 1.29 is 4.74 Å². The van der Waals surface area contributed by atoms with Crippen LogP contribution in [-0.4, -0.2) is 11.2 Å². The van der Waals surface area contributed by atoms with Crippen molar-refractivity contribution in [3.63, 3.8) is 0 Å². The molecule has 1 saturated heterocycles. The molecule has 0 spiro atoms. The van der Waals surface area contributed by atoms with E-state index in [0.717, 1.165) is 0 Å². The summed E-state index contributed by atoms with van der Waals surface area (Å²) in [5.74, 6) is 0.628. The van der Waals surface area contributed by atoms with Crippen LogP contribution in [0.3, 0.4) is 0 Å². The van der Waals surface area contributed by atoms with E-state index < -0.39 is 0 Å². The summed E-state index contributed by atoms with van der Waals surface area (Å²) in [5.41, 5.74) is 0.273. The van der Waals surface area contributed by atoms with Crippen LogP contribution in [0.15, 0.2) is 0 Å². The highest BCUT2D eigenvalue weighted by Gasteiger charge is 2.59. The van der Waals surface area contributed by atoms with Gasteiger partial charge in [0, 0.05) is 0 Å². The molecule has 0 radical (unpaired) electrons. The van der Waals surface area contributed by atoms with Gasteiger partial charge in [0.25, 0.3) is 0 Å². The van der Waals surface area contributed by atoms with Gasteiger partial charge >= 0.3 is 0 Å². The summed E-state index contributed by atoms with van der Waals surface area (Å²) in [6.07, 6.45) is 0. The molecule has 0 aliphatic carbocycles. The minimum atomic E-state index is -0.0641. The van der Waals surface area contributed by atoms with E-state index in [-0.39, 0.29) is 22.0 Å². The van der Waals surface area contributed by atoms with Gasteiger partial charge < -0.3 is 4.74 Å². The van der Waals surface area contributed by atoms with Crippen LogP contribution in [0, 0.1) is 16.7 Å². The maximum Gasteiger partial charge on any atom is 0.0687 e. The lowest BCUT2D eigenvalue weighted by Crippen LogP contribution is -2.64. The van der Waals surface area contributed by atoms with Gasteiger partial charge in [0.15, 0.2) is 0 Å². The maximum absolute atomic E-state index is 6.36. The lowest BCUT2D eigenvalue weighted by molar-refractivity contribution is -0.292. The SMILES string of the molecule is CC1C(C)(C)C(C)(C)OC(C)(C)C1(C)C. The number of hydrogen-bond donors (Lipinski definition) is 0. The third kappa shape index (κ3) is 1.54. The van der Waals surface area contributed by atoms with E-state index in [2.05, 4.69) is 62.3 Å². The van der Waals surface area contributed by atoms with Gasteiger partial charge in [-0.2, -0.15) is 0 Å². The van der Waals surface area contributed by atoms with Crippen LogP contribution in [-0.2, 0) is 4.74 Å². The lowest BCUT2D eigenvalue weighted by atomic mass is 9.52. The van der Waals surface area contributed by atoms with Gasteiger partial charge in [0.05, 0.1) is 11.2 Å². The summed E-state index contributed by atoms with van der Waals surface area (Å²) in [6, 6.07) is 0. The summed E-state index contributed by atoms with van der Waals surface area (Å²) in [6.45, 7) is 20.6. The molecular formula is C14H28O. The Balaban J connectivity index is 3.24. The van der Waals surface area contributed by atoms with Gasteiger partial charge in [0.2, 0.25) is 0 Å². The van der Waals surface area contributed by atoms with Crippen LogP contribution >= 0.6 is 0 Å². The van der Waals surface area contributed by atoms with Crippen LogP contribution in [0.2, 0.25) is 0 Å². The number of hydrogen-bond acceptors (Lipinski definition) is 1. The Morgan fingerprint density at radius 2 is 0.933 bits per heavy atom. The smallest absolute Gasteiger partial charge is 0.0687 e. The van der Waals surface area contributed by atoms with E-state index in [1.807, 2.05) is 0 Å². The molecule has 90 valence electrons. The minimum Gasteiger partial charge on any atom is -0.369 e. The van der Waals surface area contributed by atoms with Crippen molar-refractivity contribution in [3.05, 3.63) is 0 Å². The molecule has 1 rings (SSSR count). The van der Waals surface area contributed by atoms with Crippen LogP contribution in [0.4, 0.5) is 0 Å². The van der Waals surface area contributed by atoms with E-state index >= 15 is 0 Å². The number of ether oxygens (including phenoxy) is 1. The van der Waals surface area contributed by atoms with Crippen LogP contribution in [0.1, 0.15) is 62.3 Å². The summed E-state index contributed by atoms with van der Waals surface area (Å²) in [5, 5.41) is 0. The normalized spacial score (nSPS) is 32.6. The zero-order valence-corrected chi connectivity index (χ0v) is 12.0. The van der Waals surface area contributed by atoms with Crippen molar-refractivity contribution >= 4 is 0 Å². The molecule has 0 saturated carbocycles. The summed E-state index contributed by atoms with van der Waals surface area (Å²) in [4.78, 5) is 0. The zero-order valence-electron chi connectivity index (χ0n) is 12.0. The van der Waals surface area contributed by atoms with Crippen molar-refractivity contribution in [2.24, 2.45) is 16.7 Å². The van der Waals surface area contributed by atoms with Crippen LogP contribution in [0.25, 0.3) is 0 Å². The van der Waals surface area contributed by atoms with Crippen molar-refractivity contribution in [3.8, 4) is 0 Å². The van der Waals surface area contributed by atoms with Crippen LogP contribution in [0.5, 0.6) is 0 Å². The highest BCUT2D eigenvalue weighted by molar-refractivity contribution is 5.07. The highest BCUT2D eigenvalue weighted by Crippen LogP contribution is 2.59. The van der Waals surface area contributed by atoms with Crippen LogP contribution < -0.4 is 0 Å². The van der Waals surface area contributed by atoms with Crippen molar-refractivity contribution in [2.45, 2.75) is 73.5 Å². The highest BCUT2D eigenvalue weighted by atomic mass is 16.5. The summed E-state index contributed by atoms with van der Waals surface area (Å²) >= 11 is 0. The second-order valence-corrected chi connectivity index (χ2v) is 7.29. The maximum atomic E-state index is 6.36. The van der Waals surface area contributed by atoms with Gasteiger partial charge in [-0.15, -0.1) is 0 Å². The molecule has 0 aromatic carbocycles. The topological polar surface area (TPSA) is 9.23 Å². The Labute approximate surface area is 95.6 Å². The minimum absolute atomic E-state index is 0.0641. The molecule has 1 nitrogen and oxygen atoms in total. The molecule has 15 heavy (non-hydrogen) atoms. The summed E-state index contributed by atoms with van der Waals surface area (Å²) < 4.78 is 6.36. The first-order chi connectivity index (χ1) is 6.36. The molecule has 1 aliphatic heterocycles. The molecule has 0 N–H and O–H groups in total. The molecule has 0 aromatic heterocycles. The predicted molar refractivity (Wildman–Crippen MR) is 66.0 cm³/mol. The Kier molecular flexibility index (Phi) is 2.60. The molecule has 0 bridgehead atoms. The van der Waals surface area contributed by atoms with E-state index in [1.54, 1.807) is 0 Å². The van der Waals surface area contributed by atoms with E-state index in [9.17, 15) is 0 Å². The predicted octanol–water partition coefficient (Wildman–Crippen LogP) is 4.26. The quantitative estimate of drug-likeness (QED) is 0.583. The molecule has 0 aromatic rings. The zero-order chi connectivity index (χ0) is 12.3. The Bertz CT molecular complexity index is 233. The van der Waals surface area contributed by atoms with E-state index in [1.165, 1.54) is 0 Å². The van der Waals surface area contributed by atoms with Gasteiger partial charge in [-0.3, -0.25) is 0 Å². The van der Waals surface area contributed by atoms with Crippen molar-refractivity contribution in [1.82, 2.24) is 0 Å². The Morgan fingerprint density at radius 1 is 0.667 bits per heavy atom. The molecule has 1 heterocycles. The van der Waals surface area contributed by atoms with Crippen molar-refractivity contribution in [1.29, 1.82) is 0 Å². The van der Waals surface area contributed by atoms with Crippen molar-refractivity contribution in [2.75, 3.05) is 0 Å². The molecule has 1 aliphatic rings. The molecule has 0 amide bonds. The third-order valence-corrected chi connectivity index (χ3v) is 5.78. The fourth-order valence-electron chi connectivity index (χ4n) is 2.85. The number of rotatable bonds is 0. The Morgan fingerprint density at radius 3 is 1.20 bits per heavy atom. The van der Waals surface area contributed by atoms with Gasteiger partial charge in [-0.1, -0.05) is 34.6 Å². The first-order valence-corrected chi connectivity index (χ1v) is 6.06. The second-order valence-electron chi connectivity index (χ2n) is 7.29. The second kappa shape index (κ2) is 3.00. The Hall–Kier alpha value is -0.0400. The molecule has 1 fully saturated rings. The molecule has 0 atom stereocenters. The first-order valence-electron chi connectivity index (χ1n) is 6.06. The average molecular weight is 212 g/mol.